The van der Waals surface area contributed by atoms with E-state index in [2.05, 4.69) is 15.4 Å². The molecule has 28 heavy (non-hydrogen) atoms. The Morgan fingerprint density at radius 3 is 2.61 bits per heavy atom. The summed E-state index contributed by atoms with van der Waals surface area (Å²) in [4.78, 5) is 4.50. The number of hydrogen-bond donors (Lipinski definition) is 1. The topological polar surface area (TPSA) is 60.7 Å². The molecule has 0 aliphatic heterocycles. The largest absolute Gasteiger partial charge is 0.491 e. The fourth-order valence-electron chi connectivity index (χ4n) is 2.83. The van der Waals surface area contributed by atoms with E-state index in [0.29, 0.717) is 24.8 Å². The molecule has 142 valence electrons. The summed E-state index contributed by atoms with van der Waals surface area (Å²) >= 11 is 0. The summed E-state index contributed by atoms with van der Waals surface area (Å²) in [5.41, 5.74) is 3.00. The Morgan fingerprint density at radius 2 is 1.82 bits per heavy atom. The van der Waals surface area contributed by atoms with Crippen molar-refractivity contribution in [2.45, 2.75) is 0 Å². The molecule has 0 aliphatic carbocycles. The number of hydrogen-bond acceptors (Lipinski definition) is 5. The van der Waals surface area contributed by atoms with E-state index < -0.39 is 0 Å². The summed E-state index contributed by atoms with van der Waals surface area (Å²) in [5.74, 6) is 0.927. The highest BCUT2D eigenvalue weighted by atomic mass is 19.1. The van der Waals surface area contributed by atoms with Crippen LogP contribution in [0.3, 0.4) is 0 Å². The first-order valence-electron chi connectivity index (χ1n) is 8.83. The highest BCUT2D eigenvalue weighted by molar-refractivity contribution is 5.64. The normalized spacial score (nSPS) is 10.9. The fourth-order valence-corrected chi connectivity index (χ4v) is 2.83. The Morgan fingerprint density at radius 1 is 1.00 bits per heavy atom. The monoisotopic (exact) mass is 378 g/mol. The first kappa shape index (κ1) is 17.9. The number of nitrogens with zero attached hydrogens (tertiary/aromatic N) is 3. The van der Waals surface area contributed by atoms with Gasteiger partial charge in [-0.2, -0.15) is 4.98 Å². The molecule has 7 heteroatoms. The molecule has 1 N–H and O–H groups in total. The van der Waals surface area contributed by atoms with E-state index in [-0.39, 0.29) is 5.82 Å². The Hall–Kier alpha value is -3.45. The van der Waals surface area contributed by atoms with Crippen LogP contribution in [0.5, 0.6) is 5.75 Å². The number of rotatable bonds is 7. The zero-order valence-corrected chi connectivity index (χ0v) is 15.3. The van der Waals surface area contributed by atoms with Gasteiger partial charge in [-0.15, -0.1) is 5.10 Å². The van der Waals surface area contributed by atoms with Gasteiger partial charge in [-0.3, -0.25) is 0 Å². The zero-order valence-electron chi connectivity index (χ0n) is 15.3. The summed E-state index contributed by atoms with van der Waals surface area (Å²) in [6.07, 6.45) is 0. The molecule has 6 nitrogen and oxygen atoms in total. The number of fused-ring (bicyclic) bond motifs is 1. The highest BCUT2D eigenvalue weighted by Gasteiger charge is 2.09. The van der Waals surface area contributed by atoms with E-state index >= 15 is 0 Å². The number of halogens is 1. The number of nitrogens with one attached hydrogen (secondary N) is 1. The van der Waals surface area contributed by atoms with Gasteiger partial charge in [0.1, 0.15) is 18.2 Å². The molecule has 0 aliphatic rings. The van der Waals surface area contributed by atoms with E-state index in [1.54, 1.807) is 17.7 Å². The van der Waals surface area contributed by atoms with Crippen LogP contribution in [0.4, 0.5) is 16.0 Å². The van der Waals surface area contributed by atoms with Gasteiger partial charge in [-0.25, -0.2) is 8.91 Å². The molecule has 0 spiro atoms. The predicted molar refractivity (Wildman–Crippen MR) is 105 cm³/mol. The molecular formula is C21H19FN4O2. The molecule has 4 rings (SSSR count). The van der Waals surface area contributed by atoms with Gasteiger partial charge in [-0.05, 0) is 48.5 Å². The first-order chi connectivity index (χ1) is 13.7. The van der Waals surface area contributed by atoms with Crippen molar-refractivity contribution in [1.82, 2.24) is 14.6 Å². The van der Waals surface area contributed by atoms with E-state index in [9.17, 15) is 4.39 Å². The Bertz CT molecular complexity index is 1080. The molecule has 0 fully saturated rings. The van der Waals surface area contributed by atoms with Crippen LogP contribution in [0.25, 0.3) is 16.9 Å². The van der Waals surface area contributed by atoms with Gasteiger partial charge in [0.2, 0.25) is 5.95 Å². The van der Waals surface area contributed by atoms with Crippen molar-refractivity contribution in [1.29, 1.82) is 0 Å². The summed E-state index contributed by atoms with van der Waals surface area (Å²) in [5, 5.41) is 7.70. The third-order valence-electron chi connectivity index (χ3n) is 4.15. The maximum Gasteiger partial charge on any atom is 0.247 e. The Labute approximate surface area is 161 Å². The average molecular weight is 378 g/mol. The molecule has 0 unspecified atom stereocenters. The van der Waals surface area contributed by atoms with Gasteiger partial charge >= 0.3 is 0 Å². The summed E-state index contributed by atoms with van der Waals surface area (Å²) < 4.78 is 25.8. The van der Waals surface area contributed by atoms with Crippen molar-refractivity contribution < 1.29 is 13.9 Å². The minimum Gasteiger partial charge on any atom is -0.491 e. The van der Waals surface area contributed by atoms with Crippen LogP contribution in [0.2, 0.25) is 0 Å². The van der Waals surface area contributed by atoms with Crippen molar-refractivity contribution in [2.24, 2.45) is 0 Å². The van der Waals surface area contributed by atoms with Crippen LogP contribution < -0.4 is 10.1 Å². The lowest BCUT2D eigenvalue weighted by molar-refractivity contribution is 0.146. The average Bonchev–Trinajstić information content (AvgIpc) is 3.12. The van der Waals surface area contributed by atoms with Gasteiger partial charge in [0.15, 0.2) is 5.65 Å². The second-order valence-corrected chi connectivity index (χ2v) is 6.12. The summed E-state index contributed by atoms with van der Waals surface area (Å²) in [6.45, 7) is 1.04. The number of anilines is 2. The van der Waals surface area contributed by atoms with Crippen LogP contribution in [-0.4, -0.2) is 34.9 Å². The summed E-state index contributed by atoms with van der Waals surface area (Å²) in [7, 11) is 1.64. The molecular weight excluding hydrogens is 359 g/mol. The van der Waals surface area contributed by atoms with Crippen LogP contribution in [0.1, 0.15) is 0 Å². The number of pyridine rings is 1. The van der Waals surface area contributed by atoms with Crippen molar-refractivity contribution in [3.8, 4) is 17.0 Å². The van der Waals surface area contributed by atoms with Crippen molar-refractivity contribution >= 4 is 17.3 Å². The number of aromatic nitrogens is 3. The molecule has 0 amide bonds. The van der Waals surface area contributed by atoms with Crippen LogP contribution in [0.15, 0.2) is 66.7 Å². The predicted octanol–water partition coefficient (Wildman–Crippen LogP) is 4.30. The molecule has 2 heterocycles. The lowest BCUT2D eigenvalue weighted by atomic mass is 10.1. The molecule has 4 aromatic rings. The minimum absolute atomic E-state index is 0.291. The molecule has 2 aromatic heterocycles. The number of ether oxygens (including phenoxy) is 2. The second-order valence-electron chi connectivity index (χ2n) is 6.12. The molecule has 0 bridgehead atoms. The molecule has 0 atom stereocenters. The Balaban J connectivity index is 1.56. The van der Waals surface area contributed by atoms with Crippen molar-refractivity contribution in [3.05, 3.63) is 72.5 Å². The van der Waals surface area contributed by atoms with Gasteiger partial charge in [0, 0.05) is 18.4 Å². The van der Waals surface area contributed by atoms with Gasteiger partial charge in [0.25, 0.3) is 0 Å². The third kappa shape index (κ3) is 3.94. The van der Waals surface area contributed by atoms with Gasteiger partial charge < -0.3 is 14.8 Å². The summed E-state index contributed by atoms with van der Waals surface area (Å²) in [6, 6.07) is 19.5. The van der Waals surface area contributed by atoms with Crippen molar-refractivity contribution in [3.63, 3.8) is 0 Å². The third-order valence-corrected chi connectivity index (χ3v) is 4.15. The highest BCUT2D eigenvalue weighted by Crippen LogP contribution is 2.23. The van der Waals surface area contributed by atoms with Crippen LogP contribution >= 0.6 is 0 Å². The molecule has 0 radical (unpaired) electrons. The molecule has 0 saturated heterocycles. The number of methoxy groups -OCH3 is 1. The van der Waals surface area contributed by atoms with E-state index in [1.165, 1.54) is 12.1 Å². The molecule has 0 saturated carbocycles. The van der Waals surface area contributed by atoms with E-state index in [4.69, 9.17) is 9.47 Å². The van der Waals surface area contributed by atoms with Crippen LogP contribution in [0, 0.1) is 5.82 Å². The second kappa shape index (κ2) is 8.06. The maximum atomic E-state index is 13.6. The van der Waals surface area contributed by atoms with Gasteiger partial charge in [-0.1, -0.05) is 18.2 Å². The smallest absolute Gasteiger partial charge is 0.247 e. The van der Waals surface area contributed by atoms with Crippen LogP contribution in [-0.2, 0) is 4.74 Å². The van der Waals surface area contributed by atoms with E-state index in [0.717, 1.165) is 22.7 Å². The number of benzene rings is 2. The zero-order chi connectivity index (χ0) is 19.3. The minimum atomic E-state index is -0.291. The quantitative estimate of drug-likeness (QED) is 0.486. The van der Waals surface area contributed by atoms with E-state index in [1.807, 2.05) is 48.5 Å². The standard InChI is InChI=1S/C21H19FN4O2/c1-27-12-13-28-18-10-8-17(9-11-18)23-21-24-20-7-3-6-19(26(20)25-21)15-4-2-5-16(22)14-15/h2-11,14H,12-13H2,1H3,(H,23,25). The maximum absolute atomic E-state index is 13.6. The lowest BCUT2D eigenvalue weighted by Crippen LogP contribution is -2.04. The Kier molecular flexibility index (Phi) is 5.16. The SMILES string of the molecule is COCCOc1ccc(Nc2nc3cccc(-c4cccc(F)c4)n3n2)cc1. The first-order valence-corrected chi connectivity index (χ1v) is 8.83. The fraction of sp³-hybridized carbons (Fsp3) is 0.143. The lowest BCUT2D eigenvalue weighted by Gasteiger charge is -2.06. The molecule has 2 aromatic carbocycles. The van der Waals surface area contributed by atoms with Crippen molar-refractivity contribution in [2.75, 3.05) is 25.6 Å². The van der Waals surface area contributed by atoms with Gasteiger partial charge in [0.05, 0.1) is 12.3 Å².